The highest BCUT2D eigenvalue weighted by atomic mass is 79.9. The fourth-order valence-corrected chi connectivity index (χ4v) is 2.52. The first-order valence-electron chi connectivity index (χ1n) is 4.51. The van der Waals surface area contributed by atoms with Crippen LogP contribution in [0.4, 0.5) is 13.2 Å². The predicted molar refractivity (Wildman–Crippen MR) is 63.3 cm³/mol. The van der Waals surface area contributed by atoms with Gasteiger partial charge in [0.15, 0.2) is 11.3 Å². The molecule has 18 heavy (non-hydrogen) atoms. The summed E-state index contributed by atoms with van der Waals surface area (Å²) in [4.78, 5) is 15.0. The topological polar surface area (TPSA) is 60.4 Å². The van der Waals surface area contributed by atoms with Gasteiger partial charge in [-0.2, -0.15) is 13.2 Å². The second kappa shape index (κ2) is 4.47. The number of carbonyl (C=O) groups is 1. The number of primary amides is 1. The van der Waals surface area contributed by atoms with Crippen LogP contribution in [0.1, 0.15) is 10.5 Å². The van der Waals surface area contributed by atoms with Crippen LogP contribution in [0.2, 0.25) is 0 Å². The Morgan fingerprint density at radius 3 is 2.72 bits per heavy atom. The van der Waals surface area contributed by atoms with E-state index in [1.807, 2.05) is 0 Å². The number of alkyl halides is 3. The normalized spacial score (nSPS) is 12.0. The number of carbonyl (C=O) groups excluding carboxylic acids is 1. The van der Waals surface area contributed by atoms with E-state index < -0.39 is 28.9 Å². The highest BCUT2D eigenvalue weighted by molar-refractivity contribution is 9.10. The van der Waals surface area contributed by atoms with E-state index in [-0.39, 0.29) is 10.7 Å². The number of amides is 1. The van der Waals surface area contributed by atoms with Crippen molar-refractivity contribution in [3.63, 3.8) is 0 Å². The molecule has 0 saturated carbocycles. The Labute approximate surface area is 111 Å². The molecular weight excluding hydrogens is 335 g/mol. The van der Waals surface area contributed by atoms with Crippen molar-refractivity contribution in [3.8, 4) is 0 Å². The molecule has 96 valence electrons. The molecule has 2 aromatic rings. The number of thioether (sulfide) groups is 1. The molecular formula is C9H5BrF3N3OS. The van der Waals surface area contributed by atoms with E-state index in [0.717, 1.165) is 0 Å². The van der Waals surface area contributed by atoms with Crippen LogP contribution in [0.5, 0.6) is 0 Å². The summed E-state index contributed by atoms with van der Waals surface area (Å²) in [5.41, 5.74) is 0.319. The molecule has 0 aliphatic carbocycles. The third-order valence-corrected chi connectivity index (χ3v) is 3.44. The van der Waals surface area contributed by atoms with Gasteiger partial charge in [0.25, 0.3) is 5.91 Å². The minimum atomic E-state index is -4.53. The standard InChI is InChI=1S/C9H5BrF3N3OS/c10-4-2-1-3-16-7(4)15-5(6(14)17)8(16)18-9(11,12)13/h1-3H,(H2,14,17). The van der Waals surface area contributed by atoms with Gasteiger partial charge in [-0.1, -0.05) is 0 Å². The summed E-state index contributed by atoms with van der Waals surface area (Å²) in [6.45, 7) is 0. The number of nitrogens with two attached hydrogens (primary N) is 1. The number of hydrogen-bond acceptors (Lipinski definition) is 3. The molecule has 9 heteroatoms. The van der Waals surface area contributed by atoms with E-state index in [1.165, 1.54) is 16.7 Å². The number of halogens is 4. The fourth-order valence-electron chi connectivity index (χ4n) is 1.38. The monoisotopic (exact) mass is 339 g/mol. The summed E-state index contributed by atoms with van der Waals surface area (Å²) in [5, 5.41) is -0.341. The van der Waals surface area contributed by atoms with Gasteiger partial charge in [0.05, 0.1) is 4.47 Å². The van der Waals surface area contributed by atoms with E-state index >= 15 is 0 Å². The van der Waals surface area contributed by atoms with Gasteiger partial charge in [-0.15, -0.1) is 0 Å². The van der Waals surface area contributed by atoms with Crippen molar-refractivity contribution in [1.29, 1.82) is 0 Å². The molecule has 0 aromatic carbocycles. The average molecular weight is 340 g/mol. The smallest absolute Gasteiger partial charge is 0.364 e. The Morgan fingerprint density at radius 2 is 2.17 bits per heavy atom. The Kier molecular flexibility index (Phi) is 3.28. The maximum atomic E-state index is 12.4. The van der Waals surface area contributed by atoms with Crippen LogP contribution < -0.4 is 5.73 Å². The highest BCUT2D eigenvalue weighted by Gasteiger charge is 2.34. The average Bonchev–Trinajstić information content (AvgIpc) is 2.57. The highest BCUT2D eigenvalue weighted by Crippen LogP contribution is 2.39. The van der Waals surface area contributed by atoms with Crippen molar-refractivity contribution >= 4 is 39.2 Å². The second-order valence-electron chi connectivity index (χ2n) is 3.23. The Balaban J connectivity index is 2.71. The van der Waals surface area contributed by atoms with E-state index in [9.17, 15) is 18.0 Å². The zero-order valence-electron chi connectivity index (χ0n) is 8.53. The molecule has 0 fully saturated rings. The summed E-state index contributed by atoms with van der Waals surface area (Å²) in [6, 6.07) is 3.14. The van der Waals surface area contributed by atoms with Gasteiger partial charge in [-0.05, 0) is 28.1 Å². The fraction of sp³-hybridized carbons (Fsp3) is 0.111. The lowest BCUT2D eigenvalue weighted by Crippen LogP contribution is -2.14. The first-order chi connectivity index (χ1) is 8.29. The number of hydrogen-bond donors (Lipinski definition) is 1. The van der Waals surface area contributed by atoms with Crippen LogP contribution in [0.3, 0.4) is 0 Å². The van der Waals surface area contributed by atoms with Gasteiger partial charge in [0.1, 0.15) is 5.03 Å². The Morgan fingerprint density at radius 1 is 1.50 bits per heavy atom. The van der Waals surface area contributed by atoms with Gasteiger partial charge < -0.3 is 5.73 Å². The van der Waals surface area contributed by atoms with Gasteiger partial charge in [-0.3, -0.25) is 9.20 Å². The predicted octanol–water partition coefficient (Wildman–Crippen LogP) is 2.81. The Bertz CT molecular complexity index is 625. The first kappa shape index (κ1) is 13.2. The van der Waals surface area contributed by atoms with Crippen LogP contribution >= 0.6 is 27.7 Å². The van der Waals surface area contributed by atoms with Crippen molar-refractivity contribution in [1.82, 2.24) is 9.38 Å². The molecule has 0 atom stereocenters. The minimum absolute atomic E-state index is 0.207. The van der Waals surface area contributed by atoms with Gasteiger partial charge >= 0.3 is 5.51 Å². The summed E-state index contributed by atoms with van der Waals surface area (Å²) < 4.78 is 39.0. The molecule has 0 spiro atoms. The van der Waals surface area contributed by atoms with Crippen molar-refractivity contribution in [2.24, 2.45) is 5.73 Å². The first-order valence-corrected chi connectivity index (χ1v) is 6.12. The zero-order valence-corrected chi connectivity index (χ0v) is 10.9. The number of nitrogens with zero attached hydrogens (tertiary/aromatic N) is 2. The van der Waals surface area contributed by atoms with Crippen molar-refractivity contribution in [3.05, 3.63) is 28.5 Å². The van der Waals surface area contributed by atoms with Crippen molar-refractivity contribution in [2.45, 2.75) is 10.5 Å². The third kappa shape index (κ3) is 2.46. The SMILES string of the molecule is NC(=O)c1nc2c(Br)cccn2c1SC(F)(F)F. The Hall–Kier alpha value is -1.22. The van der Waals surface area contributed by atoms with Crippen LogP contribution in [-0.2, 0) is 0 Å². The van der Waals surface area contributed by atoms with Crippen LogP contribution in [0.25, 0.3) is 5.65 Å². The van der Waals surface area contributed by atoms with Crippen molar-refractivity contribution < 1.29 is 18.0 Å². The van der Waals surface area contributed by atoms with Gasteiger partial charge in [0, 0.05) is 18.0 Å². The third-order valence-electron chi connectivity index (χ3n) is 2.00. The number of fused-ring (bicyclic) bond motifs is 1. The quantitative estimate of drug-likeness (QED) is 0.856. The molecule has 1 amide bonds. The van der Waals surface area contributed by atoms with Crippen LogP contribution in [0, 0.1) is 0 Å². The molecule has 2 aromatic heterocycles. The maximum absolute atomic E-state index is 12.4. The molecule has 0 unspecified atom stereocenters. The second-order valence-corrected chi connectivity index (χ2v) is 5.14. The molecule has 2 N–H and O–H groups in total. The molecule has 0 aliphatic heterocycles. The summed E-state index contributed by atoms with van der Waals surface area (Å²) in [7, 11) is 0. The van der Waals surface area contributed by atoms with Crippen LogP contribution in [0.15, 0.2) is 27.8 Å². The minimum Gasteiger partial charge on any atom is -0.364 e. The largest absolute Gasteiger partial charge is 0.447 e. The van der Waals surface area contributed by atoms with Gasteiger partial charge in [-0.25, -0.2) is 4.98 Å². The molecule has 4 nitrogen and oxygen atoms in total. The lowest BCUT2D eigenvalue weighted by Gasteiger charge is -2.06. The summed E-state index contributed by atoms with van der Waals surface area (Å²) in [6.07, 6.45) is 1.38. The summed E-state index contributed by atoms with van der Waals surface area (Å²) >= 11 is 2.73. The van der Waals surface area contributed by atoms with E-state index in [4.69, 9.17) is 5.73 Å². The molecule has 0 bridgehead atoms. The zero-order chi connectivity index (χ0) is 13.5. The lowest BCUT2D eigenvalue weighted by atomic mass is 10.5. The van der Waals surface area contributed by atoms with Crippen LogP contribution in [-0.4, -0.2) is 20.8 Å². The molecule has 0 radical (unpaired) electrons. The number of rotatable bonds is 2. The molecule has 2 rings (SSSR count). The summed E-state index contributed by atoms with van der Waals surface area (Å²) in [5.74, 6) is -1.00. The maximum Gasteiger partial charge on any atom is 0.447 e. The number of aromatic nitrogens is 2. The number of imidazole rings is 1. The lowest BCUT2D eigenvalue weighted by molar-refractivity contribution is -0.0329. The molecule has 2 heterocycles. The molecule has 0 saturated heterocycles. The molecule has 0 aliphatic rings. The number of pyridine rings is 1. The van der Waals surface area contributed by atoms with E-state index in [0.29, 0.717) is 4.47 Å². The van der Waals surface area contributed by atoms with Gasteiger partial charge in [0.2, 0.25) is 0 Å². The van der Waals surface area contributed by atoms with E-state index in [1.54, 1.807) is 6.07 Å². The van der Waals surface area contributed by atoms with Crippen molar-refractivity contribution in [2.75, 3.05) is 0 Å². The van der Waals surface area contributed by atoms with E-state index in [2.05, 4.69) is 20.9 Å².